The van der Waals surface area contributed by atoms with Crippen LogP contribution in [-0.4, -0.2) is 7.05 Å². The van der Waals surface area contributed by atoms with Gasteiger partial charge in [0.15, 0.2) is 0 Å². The van der Waals surface area contributed by atoms with Crippen molar-refractivity contribution in [3.05, 3.63) is 65.2 Å². The van der Waals surface area contributed by atoms with Crippen molar-refractivity contribution in [2.75, 3.05) is 12.4 Å². The SMILES string of the molecule is CCc1cccc(CCc2ccc(NC)cc2)c1. The van der Waals surface area contributed by atoms with Crippen LogP contribution in [0.15, 0.2) is 48.5 Å². The largest absolute Gasteiger partial charge is 0.388 e. The van der Waals surface area contributed by atoms with Crippen LogP contribution in [0.5, 0.6) is 0 Å². The third-order valence-corrected chi connectivity index (χ3v) is 3.34. The van der Waals surface area contributed by atoms with Crippen molar-refractivity contribution in [1.29, 1.82) is 0 Å². The maximum Gasteiger partial charge on any atom is 0.0337 e. The lowest BCUT2D eigenvalue weighted by molar-refractivity contribution is 0.954. The van der Waals surface area contributed by atoms with E-state index in [1.54, 1.807) is 0 Å². The maximum atomic E-state index is 3.14. The summed E-state index contributed by atoms with van der Waals surface area (Å²) in [7, 11) is 1.95. The van der Waals surface area contributed by atoms with Crippen LogP contribution in [0, 0.1) is 0 Å². The van der Waals surface area contributed by atoms with E-state index in [1.807, 2.05) is 7.05 Å². The molecular formula is C17H21N. The fourth-order valence-electron chi connectivity index (χ4n) is 2.13. The van der Waals surface area contributed by atoms with Crippen LogP contribution in [0.3, 0.4) is 0 Å². The maximum absolute atomic E-state index is 3.14. The summed E-state index contributed by atoms with van der Waals surface area (Å²) in [4.78, 5) is 0. The number of hydrogen-bond acceptors (Lipinski definition) is 1. The number of anilines is 1. The number of hydrogen-bond donors (Lipinski definition) is 1. The third-order valence-electron chi connectivity index (χ3n) is 3.34. The van der Waals surface area contributed by atoms with Gasteiger partial charge in [-0.15, -0.1) is 0 Å². The van der Waals surface area contributed by atoms with Crippen LogP contribution in [-0.2, 0) is 19.3 Å². The second kappa shape index (κ2) is 6.25. The first-order chi connectivity index (χ1) is 8.81. The molecule has 0 saturated heterocycles. The van der Waals surface area contributed by atoms with Gasteiger partial charge in [0, 0.05) is 12.7 Å². The molecule has 94 valence electrons. The van der Waals surface area contributed by atoms with Crippen molar-refractivity contribution in [3.8, 4) is 0 Å². The summed E-state index contributed by atoms with van der Waals surface area (Å²) in [6.07, 6.45) is 3.34. The summed E-state index contributed by atoms with van der Waals surface area (Å²) in [5.41, 5.74) is 5.44. The molecule has 18 heavy (non-hydrogen) atoms. The topological polar surface area (TPSA) is 12.0 Å². The number of benzene rings is 2. The Morgan fingerprint density at radius 1 is 0.833 bits per heavy atom. The van der Waals surface area contributed by atoms with E-state index < -0.39 is 0 Å². The Morgan fingerprint density at radius 3 is 2.17 bits per heavy atom. The lowest BCUT2D eigenvalue weighted by atomic mass is 10.0. The molecule has 2 aromatic rings. The van der Waals surface area contributed by atoms with E-state index in [9.17, 15) is 0 Å². The van der Waals surface area contributed by atoms with E-state index in [4.69, 9.17) is 0 Å². The predicted molar refractivity (Wildman–Crippen MR) is 79.2 cm³/mol. The Hall–Kier alpha value is -1.76. The number of rotatable bonds is 5. The van der Waals surface area contributed by atoms with Gasteiger partial charge in [-0.25, -0.2) is 0 Å². The van der Waals surface area contributed by atoms with Crippen molar-refractivity contribution in [2.24, 2.45) is 0 Å². The Balaban J connectivity index is 1.97. The van der Waals surface area contributed by atoms with Gasteiger partial charge in [0.05, 0.1) is 0 Å². The van der Waals surface area contributed by atoms with Crippen molar-refractivity contribution in [2.45, 2.75) is 26.2 Å². The normalized spacial score (nSPS) is 10.3. The van der Waals surface area contributed by atoms with Crippen molar-refractivity contribution < 1.29 is 0 Å². The summed E-state index contributed by atoms with van der Waals surface area (Å²) in [5, 5.41) is 3.14. The lowest BCUT2D eigenvalue weighted by Crippen LogP contribution is -1.93. The molecule has 0 aliphatic heterocycles. The molecular weight excluding hydrogens is 218 g/mol. The molecule has 0 aromatic heterocycles. The van der Waals surface area contributed by atoms with Gasteiger partial charge in [0.2, 0.25) is 0 Å². The standard InChI is InChI=1S/C17H21N/c1-3-14-5-4-6-16(13-14)8-7-15-9-11-17(18-2)12-10-15/h4-6,9-13,18H,3,7-8H2,1-2H3. The molecule has 0 heterocycles. The van der Waals surface area contributed by atoms with Crippen LogP contribution in [0.2, 0.25) is 0 Å². The lowest BCUT2D eigenvalue weighted by Gasteiger charge is -2.05. The third kappa shape index (κ3) is 3.36. The van der Waals surface area contributed by atoms with Gasteiger partial charge in [-0.05, 0) is 48.1 Å². The Kier molecular flexibility index (Phi) is 4.40. The zero-order chi connectivity index (χ0) is 12.8. The van der Waals surface area contributed by atoms with E-state index in [1.165, 1.54) is 22.4 Å². The van der Waals surface area contributed by atoms with E-state index in [-0.39, 0.29) is 0 Å². The molecule has 0 aliphatic carbocycles. The van der Waals surface area contributed by atoms with Gasteiger partial charge in [-0.3, -0.25) is 0 Å². The molecule has 1 nitrogen and oxygen atoms in total. The molecule has 2 rings (SSSR count). The average molecular weight is 239 g/mol. The molecule has 0 radical (unpaired) electrons. The van der Waals surface area contributed by atoms with Gasteiger partial charge >= 0.3 is 0 Å². The predicted octanol–water partition coefficient (Wildman–Crippen LogP) is 4.08. The zero-order valence-corrected chi connectivity index (χ0v) is 11.2. The van der Waals surface area contributed by atoms with Crippen LogP contribution >= 0.6 is 0 Å². The molecule has 1 heteroatoms. The molecule has 0 aliphatic rings. The highest BCUT2D eigenvalue weighted by atomic mass is 14.8. The molecule has 0 amide bonds. The van der Waals surface area contributed by atoms with Gasteiger partial charge in [0.1, 0.15) is 0 Å². The minimum Gasteiger partial charge on any atom is -0.388 e. The summed E-state index contributed by atoms with van der Waals surface area (Å²) in [6, 6.07) is 17.6. The van der Waals surface area contributed by atoms with Crippen LogP contribution in [0.25, 0.3) is 0 Å². The minimum absolute atomic E-state index is 1.11. The van der Waals surface area contributed by atoms with Gasteiger partial charge in [-0.2, -0.15) is 0 Å². The molecule has 0 spiro atoms. The first-order valence-electron chi connectivity index (χ1n) is 6.66. The molecule has 0 saturated carbocycles. The molecule has 0 bridgehead atoms. The number of nitrogens with one attached hydrogen (secondary N) is 1. The first-order valence-corrected chi connectivity index (χ1v) is 6.66. The smallest absolute Gasteiger partial charge is 0.0337 e. The van der Waals surface area contributed by atoms with Crippen molar-refractivity contribution in [3.63, 3.8) is 0 Å². The van der Waals surface area contributed by atoms with E-state index in [0.717, 1.165) is 19.3 Å². The Labute approximate surface area is 110 Å². The Bertz CT molecular complexity index is 485. The molecule has 0 atom stereocenters. The highest BCUT2D eigenvalue weighted by Gasteiger charge is 1.97. The van der Waals surface area contributed by atoms with Gasteiger partial charge < -0.3 is 5.32 Å². The van der Waals surface area contributed by atoms with E-state index in [0.29, 0.717) is 0 Å². The highest BCUT2D eigenvalue weighted by molar-refractivity contribution is 5.43. The van der Waals surface area contributed by atoms with Crippen LogP contribution < -0.4 is 5.32 Å². The number of aryl methyl sites for hydroxylation is 3. The molecule has 0 unspecified atom stereocenters. The first kappa shape index (κ1) is 12.7. The van der Waals surface area contributed by atoms with E-state index >= 15 is 0 Å². The van der Waals surface area contributed by atoms with Crippen LogP contribution in [0.4, 0.5) is 5.69 Å². The van der Waals surface area contributed by atoms with Gasteiger partial charge in [0.25, 0.3) is 0 Å². The molecule has 0 fully saturated rings. The molecule has 1 N–H and O–H groups in total. The van der Waals surface area contributed by atoms with E-state index in [2.05, 4.69) is 60.8 Å². The molecule has 2 aromatic carbocycles. The quantitative estimate of drug-likeness (QED) is 0.829. The zero-order valence-electron chi connectivity index (χ0n) is 11.2. The Morgan fingerprint density at radius 2 is 1.50 bits per heavy atom. The van der Waals surface area contributed by atoms with Crippen LogP contribution in [0.1, 0.15) is 23.6 Å². The monoisotopic (exact) mass is 239 g/mol. The summed E-state index contributed by atoms with van der Waals surface area (Å²) >= 11 is 0. The summed E-state index contributed by atoms with van der Waals surface area (Å²) in [5.74, 6) is 0. The summed E-state index contributed by atoms with van der Waals surface area (Å²) < 4.78 is 0. The summed E-state index contributed by atoms with van der Waals surface area (Å²) in [6.45, 7) is 2.20. The fourth-order valence-corrected chi connectivity index (χ4v) is 2.13. The second-order valence-corrected chi connectivity index (χ2v) is 4.62. The van der Waals surface area contributed by atoms with Gasteiger partial charge in [-0.1, -0.05) is 43.3 Å². The van der Waals surface area contributed by atoms with Crippen molar-refractivity contribution >= 4 is 5.69 Å². The minimum atomic E-state index is 1.11. The highest BCUT2D eigenvalue weighted by Crippen LogP contribution is 2.13. The second-order valence-electron chi connectivity index (χ2n) is 4.62. The van der Waals surface area contributed by atoms with Crippen molar-refractivity contribution in [1.82, 2.24) is 0 Å². The fraction of sp³-hybridized carbons (Fsp3) is 0.294. The average Bonchev–Trinajstić information content (AvgIpc) is 2.46.